The van der Waals surface area contributed by atoms with E-state index >= 15 is 0 Å². The molecule has 1 amide bonds. The molecule has 7 heteroatoms. The molecule has 0 unspecified atom stereocenters. The molecule has 0 spiro atoms. The fourth-order valence-electron chi connectivity index (χ4n) is 2.11. The molecule has 7 nitrogen and oxygen atoms in total. The van der Waals surface area contributed by atoms with Crippen molar-refractivity contribution in [3.05, 3.63) is 47.6 Å². The van der Waals surface area contributed by atoms with Gasteiger partial charge in [0.2, 0.25) is 0 Å². The molecule has 2 N–H and O–H groups in total. The standard InChI is InChI=1S/C15H17N5O2/c1-10-5-7-20(19-10)8-6-16-15(21)13-9-12(17-18-13)14-4-3-11(2)22-14/h3-5,7,9H,6,8H2,1-2H3,(H,16,21)(H,17,18). The van der Waals surface area contributed by atoms with Crippen molar-refractivity contribution in [1.29, 1.82) is 0 Å². The molecule has 3 rings (SSSR count). The molecule has 0 fully saturated rings. The summed E-state index contributed by atoms with van der Waals surface area (Å²) in [5.74, 6) is 1.25. The summed E-state index contributed by atoms with van der Waals surface area (Å²) in [6, 6.07) is 7.30. The molecule has 0 saturated carbocycles. The van der Waals surface area contributed by atoms with Crippen molar-refractivity contribution in [2.45, 2.75) is 20.4 Å². The Hall–Kier alpha value is -2.83. The number of furan rings is 1. The number of rotatable bonds is 5. The minimum atomic E-state index is -0.227. The predicted octanol–water partition coefficient (Wildman–Crippen LogP) is 1.91. The van der Waals surface area contributed by atoms with Crippen molar-refractivity contribution in [2.75, 3.05) is 6.54 Å². The Morgan fingerprint density at radius 1 is 1.36 bits per heavy atom. The predicted molar refractivity (Wildman–Crippen MR) is 80.3 cm³/mol. The Balaban J connectivity index is 1.57. The van der Waals surface area contributed by atoms with E-state index in [1.807, 2.05) is 38.2 Å². The maximum absolute atomic E-state index is 12.0. The SMILES string of the molecule is Cc1ccn(CCNC(=O)c2cc(-c3ccc(C)o3)[nH]n2)n1. The molecule has 0 bridgehead atoms. The van der Waals surface area contributed by atoms with E-state index in [0.29, 0.717) is 30.2 Å². The van der Waals surface area contributed by atoms with Gasteiger partial charge in [-0.05, 0) is 32.0 Å². The highest BCUT2D eigenvalue weighted by Gasteiger charge is 2.12. The van der Waals surface area contributed by atoms with Crippen molar-refractivity contribution < 1.29 is 9.21 Å². The van der Waals surface area contributed by atoms with Crippen LogP contribution in [0.3, 0.4) is 0 Å². The Bertz CT molecular complexity index is 783. The number of hydrogen-bond acceptors (Lipinski definition) is 4. The number of hydrogen-bond donors (Lipinski definition) is 2. The third kappa shape index (κ3) is 3.08. The van der Waals surface area contributed by atoms with E-state index in [4.69, 9.17) is 4.42 Å². The molecule has 3 heterocycles. The summed E-state index contributed by atoms with van der Waals surface area (Å²) in [5.41, 5.74) is 1.97. The largest absolute Gasteiger partial charge is 0.460 e. The van der Waals surface area contributed by atoms with Gasteiger partial charge in [-0.3, -0.25) is 14.6 Å². The van der Waals surface area contributed by atoms with Crippen molar-refractivity contribution in [3.63, 3.8) is 0 Å². The lowest BCUT2D eigenvalue weighted by atomic mass is 10.3. The number of nitrogens with zero attached hydrogens (tertiary/aromatic N) is 3. The number of carbonyl (C=O) groups excluding carboxylic acids is 1. The van der Waals surface area contributed by atoms with E-state index in [1.54, 1.807) is 10.7 Å². The van der Waals surface area contributed by atoms with Crippen LogP contribution in [0, 0.1) is 13.8 Å². The zero-order valence-corrected chi connectivity index (χ0v) is 12.5. The Labute approximate surface area is 127 Å². The minimum absolute atomic E-state index is 0.227. The van der Waals surface area contributed by atoms with Gasteiger partial charge in [0.25, 0.3) is 5.91 Å². The van der Waals surface area contributed by atoms with Crippen molar-refractivity contribution in [2.24, 2.45) is 0 Å². The second-order valence-corrected chi connectivity index (χ2v) is 5.05. The third-order valence-electron chi connectivity index (χ3n) is 3.22. The van der Waals surface area contributed by atoms with Gasteiger partial charge in [0.1, 0.15) is 11.5 Å². The second-order valence-electron chi connectivity index (χ2n) is 5.05. The van der Waals surface area contributed by atoms with Gasteiger partial charge in [-0.25, -0.2) is 0 Å². The average molecular weight is 299 g/mol. The van der Waals surface area contributed by atoms with Gasteiger partial charge in [-0.15, -0.1) is 0 Å². The van der Waals surface area contributed by atoms with Crippen molar-refractivity contribution in [1.82, 2.24) is 25.3 Å². The normalized spacial score (nSPS) is 10.8. The lowest BCUT2D eigenvalue weighted by Gasteiger charge is -2.03. The molecule has 22 heavy (non-hydrogen) atoms. The summed E-state index contributed by atoms with van der Waals surface area (Å²) in [6.45, 7) is 4.90. The molecule has 0 aromatic carbocycles. The van der Waals surface area contributed by atoms with Gasteiger partial charge in [-0.2, -0.15) is 10.2 Å². The summed E-state index contributed by atoms with van der Waals surface area (Å²) >= 11 is 0. The summed E-state index contributed by atoms with van der Waals surface area (Å²) in [6.07, 6.45) is 1.88. The zero-order chi connectivity index (χ0) is 15.5. The number of aromatic amines is 1. The van der Waals surface area contributed by atoms with Crippen LogP contribution in [0.1, 0.15) is 21.9 Å². The summed E-state index contributed by atoms with van der Waals surface area (Å²) in [5, 5.41) is 13.9. The number of aromatic nitrogens is 4. The molecule has 0 aliphatic heterocycles. The summed E-state index contributed by atoms with van der Waals surface area (Å²) < 4.78 is 7.28. The number of amides is 1. The van der Waals surface area contributed by atoms with Crippen LogP contribution in [0.4, 0.5) is 0 Å². The quantitative estimate of drug-likeness (QED) is 0.753. The first-order chi connectivity index (χ1) is 10.6. The van der Waals surface area contributed by atoms with Crippen molar-refractivity contribution >= 4 is 5.91 Å². The van der Waals surface area contributed by atoms with Crippen LogP contribution in [0.2, 0.25) is 0 Å². The van der Waals surface area contributed by atoms with E-state index in [1.165, 1.54) is 0 Å². The molecule has 0 radical (unpaired) electrons. The number of nitrogens with one attached hydrogen (secondary N) is 2. The Morgan fingerprint density at radius 2 is 2.23 bits per heavy atom. The van der Waals surface area contributed by atoms with Crippen LogP contribution < -0.4 is 5.32 Å². The fraction of sp³-hybridized carbons (Fsp3) is 0.267. The molecular formula is C15H17N5O2. The molecule has 0 saturated heterocycles. The first-order valence-corrected chi connectivity index (χ1v) is 7.02. The van der Waals surface area contributed by atoms with Gasteiger partial charge in [0.05, 0.1) is 12.2 Å². The number of carbonyl (C=O) groups is 1. The van der Waals surface area contributed by atoms with Gasteiger partial charge in [0, 0.05) is 18.8 Å². The van der Waals surface area contributed by atoms with Gasteiger partial charge >= 0.3 is 0 Å². The Morgan fingerprint density at radius 3 is 2.91 bits per heavy atom. The maximum atomic E-state index is 12.0. The molecule has 3 aromatic rings. The highest BCUT2D eigenvalue weighted by molar-refractivity contribution is 5.93. The highest BCUT2D eigenvalue weighted by atomic mass is 16.3. The van der Waals surface area contributed by atoms with Gasteiger partial charge in [-0.1, -0.05) is 0 Å². The van der Waals surface area contributed by atoms with E-state index in [9.17, 15) is 4.79 Å². The van der Waals surface area contributed by atoms with Gasteiger partial charge < -0.3 is 9.73 Å². The number of aryl methyl sites for hydroxylation is 2. The lowest BCUT2D eigenvalue weighted by Crippen LogP contribution is -2.27. The molecule has 0 aliphatic carbocycles. The second kappa shape index (κ2) is 5.88. The monoisotopic (exact) mass is 299 g/mol. The van der Waals surface area contributed by atoms with Crippen LogP contribution in [0.15, 0.2) is 34.9 Å². The summed E-state index contributed by atoms with van der Waals surface area (Å²) in [4.78, 5) is 12.0. The van der Waals surface area contributed by atoms with Crippen LogP contribution >= 0.6 is 0 Å². The van der Waals surface area contributed by atoms with E-state index < -0.39 is 0 Å². The van der Waals surface area contributed by atoms with E-state index in [-0.39, 0.29) is 5.91 Å². The van der Waals surface area contributed by atoms with Crippen LogP contribution in [-0.4, -0.2) is 32.4 Å². The molecule has 3 aromatic heterocycles. The average Bonchev–Trinajstić information content (AvgIpc) is 3.19. The van der Waals surface area contributed by atoms with Crippen LogP contribution in [-0.2, 0) is 6.54 Å². The van der Waals surface area contributed by atoms with Gasteiger partial charge in [0.15, 0.2) is 11.5 Å². The molecule has 0 atom stereocenters. The third-order valence-corrected chi connectivity index (χ3v) is 3.22. The van der Waals surface area contributed by atoms with Crippen molar-refractivity contribution in [3.8, 4) is 11.5 Å². The highest BCUT2D eigenvalue weighted by Crippen LogP contribution is 2.20. The molecule has 114 valence electrons. The fourth-order valence-corrected chi connectivity index (χ4v) is 2.11. The number of H-pyrrole nitrogens is 1. The first kappa shape index (κ1) is 14.1. The van der Waals surface area contributed by atoms with Crippen LogP contribution in [0.25, 0.3) is 11.5 Å². The lowest BCUT2D eigenvalue weighted by molar-refractivity contribution is 0.0947. The molecule has 0 aliphatic rings. The summed E-state index contributed by atoms with van der Waals surface area (Å²) in [7, 11) is 0. The maximum Gasteiger partial charge on any atom is 0.271 e. The smallest absolute Gasteiger partial charge is 0.271 e. The Kier molecular flexibility index (Phi) is 3.78. The topological polar surface area (TPSA) is 88.7 Å². The minimum Gasteiger partial charge on any atom is -0.460 e. The van der Waals surface area contributed by atoms with E-state index in [2.05, 4.69) is 20.6 Å². The van der Waals surface area contributed by atoms with Crippen LogP contribution in [0.5, 0.6) is 0 Å². The first-order valence-electron chi connectivity index (χ1n) is 7.02. The zero-order valence-electron chi connectivity index (χ0n) is 12.5. The van der Waals surface area contributed by atoms with E-state index in [0.717, 1.165) is 11.5 Å². The molecular weight excluding hydrogens is 282 g/mol.